The number of nitrogens with one attached hydrogen (secondary N) is 1. The first-order valence-electron chi connectivity index (χ1n) is 8.53. The second-order valence-corrected chi connectivity index (χ2v) is 6.13. The van der Waals surface area contributed by atoms with Crippen molar-refractivity contribution in [1.29, 1.82) is 0 Å². The zero-order chi connectivity index (χ0) is 19.5. The summed E-state index contributed by atoms with van der Waals surface area (Å²) in [7, 11) is 0. The van der Waals surface area contributed by atoms with E-state index in [1.807, 2.05) is 41.2 Å². The van der Waals surface area contributed by atoms with Gasteiger partial charge in [-0.05, 0) is 48.5 Å². The van der Waals surface area contributed by atoms with Gasteiger partial charge in [0.05, 0.1) is 12.1 Å². The van der Waals surface area contributed by atoms with Crippen molar-refractivity contribution in [2.45, 2.75) is 6.54 Å². The van der Waals surface area contributed by atoms with Crippen LogP contribution in [0.25, 0.3) is 17.0 Å². The molecule has 0 spiro atoms. The summed E-state index contributed by atoms with van der Waals surface area (Å²) in [6.45, 7) is 0.116. The van der Waals surface area contributed by atoms with Gasteiger partial charge in [0, 0.05) is 35.8 Å². The molecule has 0 aliphatic carbocycles. The number of carbonyl (C=O) groups excluding carboxylic acids is 1. The monoisotopic (exact) mass is 379 g/mol. The molecule has 1 amide bonds. The van der Waals surface area contributed by atoms with Crippen molar-refractivity contribution in [3.8, 4) is 17.0 Å². The highest BCUT2D eigenvalue weighted by molar-refractivity contribution is 5.94. The maximum absolute atomic E-state index is 13.8. The lowest BCUT2D eigenvalue weighted by Gasteiger charge is -2.06. The van der Waals surface area contributed by atoms with Gasteiger partial charge >= 0.3 is 0 Å². The summed E-state index contributed by atoms with van der Waals surface area (Å²) in [6, 6.07) is 15.7. The van der Waals surface area contributed by atoms with E-state index in [2.05, 4.69) is 10.5 Å². The maximum Gasteiger partial charge on any atom is 0.251 e. The van der Waals surface area contributed by atoms with E-state index in [-0.39, 0.29) is 23.8 Å². The van der Waals surface area contributed by atoms with Crippen LogP contribution in [-0.4, -0.2) is 15.6 Å². The quantitative estimate of drug-likeness (QED) is 0.561. The summed E-state index contributed by atoms with van der Waals surface area (Å²) in [4.78, 5) is 12.3. The number of hydrogen-bond acceptors (Lipinski definition) is 3. The maximum atomic E-state index is 13.8. The minimum atomic E-state index is -0.741. The summed E-state index contributed by atoms with van der Waals surface area (Å²) in [5.74, 6) is -1.51. The van der Waals surface area contributed by atoms with Gasteiger partial charge in [-0.3, -0.25) is 4.79 Å². The topological polar surface area (TPSA) is 60.1 Å². The first-order valence-corrected chi connectivity index (χ1v) is 8.53. The Morgan fingerprint density at radius 3 is 2.50 bits per heavy atom. The molecule has 4 aromatic rings. The molecule has 7 heteroatoms. The molecule has 0 bridgehead atoms. The zero-order valence-electron chi connectivity index (χ0n) is 14.6. The highest BCUT2D eigenvalue weighted by atomic mass is 19.1. The minimum absolute atomic E-state index is 0.104. The Hall–Kier alpha value is -3.74. The Kier molecular flexibility index (Phi) is 4.72. The van der Waals surface area contributed by atoms with Gasteiger partial charge in [-0.2, -0.15) is 0 Å². The summed E-state index contributed by atoms with van der Waals surface area (Å²) in [5.41, 5.74) is 1.98. The van der Waals surface area contributed by atoms with Gasteiger partial charge in [-0.25, -0.2) is 8.78 Å². The van der Waals surface area contributed by atoms with Crippen LogP contribution < -0.4 is 5.32 Å². The Labute approximate surface area is 159 Å². The first-order chi connectivity index (χ1) is 13.6. The molecule has 2 aromatic heterocycles. The number of carbonyl (C=O) groups is 1. The molecule has 4 rings (SSSR count). The molecule has 0 saturated heterocycles. The van der Waals surface area contributed by atoms with Crippen LogP contribution in [-0.2, 0) is 6.54 Å². The second kappa shape index (κ2) is 7.48. The number of rotatable bonds is 5. The molecule has 0 saturated carbocycles. The van der Waals surface area contributed by atoms with E-state index in [1.165, 1.54) is 12.1 Å². The van der Waals surface area contributed by atoms with Gasteiger partial charge in [0.2, 0.25) is 0 Å². The smallest absolute Gasteiger partial charge is 0.251 e. The second-order valence-electron chi connectivity index (χ2n) is 6.13. The largest absolute Gasteiger partial charge is 0.356 e. The van der Waals surface area contributed by atoms with Crippen LogP contribution in [0.3, 0.4) is 0 Å². The molecule has 5 nitrogen and oxygen atoms in total. The van der Waals surface area contributed by atoms with Crippen LogP contribution in [0.4, 0.5) is 8.78 Å². The van der Waals surface area contributed by atoms with Gasteiger partial charge in [-0.1, -0.05) is 5.16 Å². The molecule has 0 aliphatic rings. The van der Waals surface area contributed by atoms with E-state index in [0.717, 1.165) is 17.8 Å². The standard InChI is InChI=1S/C21H15F2N3O2/c22-15-5-8-18(19(23)11-15)20-12-16(25-28-20)13-24-21(27)14-3-6-17(7-4-14)26-9-1-2-10-26/h1-12H,13H2,(H,24,27). The third kappa shape index (κ3) is 3.68. The van der Waals surface area contributed by atoms with E-state index in [4.69, 9.17) is 4.52 Å². The van der Waals surface area contributed by atoms with Crippen molar-refractivity contribution in [3.63, 3.8) is 0 Å². The third-order valence-corrected chi connectivity index (χ3v) is 4.22. The summed E-state index contributed by atoms with van der Waals surface area (Å²) >= 11 is 0. The van der Waals surface area contributed by atoms with Gasteiger partial charge < -0.3 is 14.4 Å². The molecular weight excluding hydrogens is 364 g/mol. The fourth-order valence-electron chi connectivity index (χ4n) is 2.78. The average Bonchev–Trinajstić information content (AvgIpc) is 3.38. The molecule has 0 fully saturated rings. The van der Waals surface area contributed by atoms with Gasteiger partial charge in [-0.15, -0.1) is 0 Å². The molecule has 0 unspecified atom stereocenters. The minimum Gasteiger partial charge on any atom is -0.356 e. The molecule has 0 aliphatic heterocycles. The first kappa shape index (κ1) is 17.7. The summed E-state index contributed by atoms with van der Waals surface area (Å²) < 4.78 is 33.9. The highest BCUT2D eigenvalue weighted by Crippen LogP contribution is 2.24. The SMILES string of the molecule is O=C(NCc1cc(-c2ccc(F)cc2F)on1)c1ccc(-n2cccc2)cc1. The zero-order valence-corrected chi connectivity index (χ0v) is 14.6. The van der Waals surface area contributed by atoms with Crippen LogP contribution in [0.2, 0.25) is 0 Å². The highest BCUT2D eigenvalue weighted by Gasteiger charge is 2.13. The van der Waals surface area contributed by atoms with Crippen molar-refractivity contribution in [3.05, 3.63) is 95.9 Å². The average molecular weight is 379 g/mol. The number of amides is 1. The molecule has 140 valence electrons. The van der Waals surface area contributed by atoms with Crippen LogP contribution in [0.15, 0.2) is 77.6 Å². The Bertz CT molecular complexity index is 1100. The van der Waals surface area contributed by atoms with Gasteiger partial charge in [0.1, 0.15) is 17.3 Å². The number of benzene rings is 2. The molecule has 2 heterocycles. The van der Waals surface area contributed by atoms with Crippen LogP contribution in [0, 0.1) is 11.6 Å². The van der Waals surface area contributed by atoms with Crippen molar-refractivity contribution >= 4 is 5.91 Å². The lowest BCUT2D eigenvalue weighted by atomic mass is 10.1. The lowest BCUT2D eigenvalue weighted by molar-refractivity contribution is 0.0950. The lowest BCUT2D eigenvalue weighted by Crippen LogP contribution is -2.22. The van der Waals surface area contributed by atoms with Crippen LogP contribution >= 0.6 is 0 Å². The number of halogens is 2. The van der Waals surface area contributed by atoms with E-state index < -0.39 is 11.6 Å². The molecule has 0 atom stereocenters. The van der Waals surface area contributed by atoms with Crippen molar-refractivity contribution in [2.75, 3.05) is 0 Å². The predicted molar refractivity (Wildman–Crippen MR) is 98.8 cm³/mol. The van der Waals surface area contributed by atoms with E-state index in [9.17, 15) is 13.6 Å². The fourth-order valence-corrected chi connectivity index (χ4v) is 2.78. The number of hydrogen-bond donors (Lipinski definition) is 1. The Morgan fingerprint density at radius 2 is 1.79 bits per heavy atom. The molecule has 2 aromatic carbocycles. The van der Waals surface area contributed by atoms with Crippen molar-refractivity contribution in [1.82, 2.24) is 15.0 Å². The van der Waals surface area contributed by atoms with E-state index in [1.54, 1.807) is 12.1 Å². The number of aromatic nitrogens is 2. The molecule has 28 heavy (non-hydrogen) atoms. The van der Waals surface area contributed by atoms with Crippen molar-refractivity contribution in [2.24, 2.45) is 0 Å². The predicted octanol–water partition coefficient (Wildman–Crippen LogP) is 4.34. The van der Waals surface area contributed by atoms with Crippen molar-refractivity contribution < 1.29 is 18.1 Å². The van der Waals surface area contributed by atoms with Gasteiger partial charge in [0.15, 0.2) is 5.76 Å². The summed E-state index contributed by atoms with van der Waals surface area (Å²) in [6.07, 6.45) is 3.84. The molecule has 1 N–H and O–H groups in total. The summed E-state index contributed by atoms with van der Waals surface area (Å²) in [5, 5.41) is 6.55. The van der Waals surface area contributed by atoms with Crippen LogP contribution in [0.5, 0.6) is 0 Å². The Morgan fingerprint density at radius 1 is 1.04 bits per heavy atom. The Balaban J connectivity index is 1.40. The molecule has 0 radical (unpaired) electrons. The van der Waals surface area contributed by atoms with Crippen LogP contribution in [0.1, 0.15) is 16.1 Å². The molecular formula is C21H15F2N3O2. The van der Waals surface area contributed by atoms with E-state index in [0.29, 0.717) is 11.3 Å². The van der Waals surface area contributed by atoms with Gasteiger partial charge in [0.25, 0.3) is 5.91 Å². The third-order valence-electron chi connectivity index (χ3n) is 4.22. The normalized spacial score (nSPS) is 10.8. The fraction of sp³-hybridized carbons (Fsp3) is 0.0476. The van der Waals surface area contributed by atoms with E-state index >= 15 is 0 Å². The number of nitrogens with zero attached hydrogens (tertiary/aromatic N) is 2.